The number of hydrogen-bond acceptors (Lipinski definition) is 3. The van der Waals surface area contributed by atoms with Crippen molar-refractivity contribution in [2.24, 2.45) is 0 Å². The van der Waals surface area contributed by atoms with Gasteiger partial charge >= 0.3 is 0 Å². The Labute approximate surface area is 93.8 Å². The lowest BCUT2D eigenvalue weighted by atomic mass is 10.2. The summed E-state index contributed by atoms with van der Waals surface area (Å²) in [5, 5.41) is 11.6. The van der Waals surface area contributed by atoms with Gasteiger partial charge in [0.1, 0.15) is 5.82 Å². The predicted octanol–water partition coefficient (Wildman–Crippen LogP) is 2.29. The minimum Gasteiger partial charge on any atom is -0.380 e. The van der Waals surface area contributed by atoms with Crippen molar-refractivity contribution in [3.8, 4) is 6.07 Å². The summed E-state index contributed by atoms with van der Waals surface area (Å²) < 4.78 is 18.9. The number of anilines is 1. The fraction of sp³-hybridized carbons (Fsp3) is 0.417. The van der Waals surface area contributed by atoms with Crippen LogP contribution in [0.2, 0.25) is 0 Å². The molecule has 0 spiro atoms. The van der Waals surface area contributed by atoms with Gasteiger partial charge in [-0.25, -0.2) is 4.39 Å². The van der Waals surface area contributed by atoms with Crippen molar-refractivity contribution in [2.75, 3.05) is 18.5 Å². The minimum atomic E-state index is -0.392. The topological polar surface area (TPSA) is 45.0 Å². The molecule has 1 aliphatic rings. The zero-order chi connectivity index (χ0) is 11.4. The molecule has 1 aromatic carbocycles. The summed E-state index contributed by atoms with van der Waals surface area (Å²) in [7, 11) is 0. The van der Waals surface area contributed by atoms with Crippen LogP contribution in [0.4, 0.5) is 10.1 Å². The van der Waals surface area contributed by atoms with Crippen molar-refractivity contribution in [3.05, 3.63) is 29.6 Å². The molecule has 0 aromatic heterocycles. The van der Waals surface area contributed by atoms with E-state index in [2.05, 4.69) is 5.32 Å². The van der Waals surface area contributed by atoms with Gasteiger partial charge < -0.3 is 10.1 Å². The lowest BCUT2D eigenvalue weighted by Crippen LogP contribution is -2.18. The van der Waals surface area contributed by atoms with Gasteiger partial charge in [-0.2, -0.15) is 5.26 Å². The van der Waals surface area contributed by atoms with E-state index in [-0.39, 0.29) is 6.10 Å². The standard InChI is InChI=1S/C12H13FN2O/c13-11-6-9(7-14)3-4-12(11)15-8-10-2-1-5-16-10/h3-4,6,10,15H,1-2,5,8H2. The van der Waals surface area contributed by atoms with Crippen LogP contribution < -0.4 is 5.32 Å². The molecule has 1 aromatic rings. The Balaban J connectivity index is 1.96. The van der Waals surface area contributed by atoms with E-state index in [1.807, 2.05) is 6.07 Å². The second kappa shape index (κ2) is 4.95. The Hall–Kier alpha value is -1.60. The van der Waals surface area contributed by atoms with Crippen LogP contribution in [0.1, 0.15) is 18.4 Å². The van der Waals surface area contributed by atoms with Crippen molar-refractivity contribution in [1.82, 2.24) is 0 Å². The number of halogens is 1. The highest BCUT2D eigenvalue weighted by molar-refractivity contribution is 5.48. The highest BCUT2D eigenvalue weighted by atomic mass is 19.1. The van der Waals surface area contributed by atoms with E-state index in [9.17, 15) is 4.39 Å². The van der Waals surface area contributed by atoms with E-state index >= 15 is 0 Å². The van der Waals surface area contributed by atoms with E-state index in [1.165, 1.54) is 6.07 Å². The second-order valence-corrected chi connectivity index (χ2v) is 3.82. The lowest BCUT2D eigenvalue weighted by Gasteiger charge is -2.12. The molecule has 1 heterocycles. The summed E-state index contributed by atoms with van der Waals surface area (Å²) in [6.45, 7) is 1.41. The molecule has 0 radical (unpaired) electrons. The van der Waals surface area contributed by atoms with Crippen LogP contribution in [0.25, 0.3) is 0 Å². The Morgan fingerprint density at radius 2 is 2.44 bits per heavy atom. The average molecular weight is 220 g/mol. The number of rotatable bonds is 3. The van der Waals surface area contributed by atoms with Crippen LogP contribution in [-0.2, 0) is 4.74 Å². The van der Waals surface area contributed by atoms with E-state index < -0.39 is 5.82 Å². The molecular weight excluding hydrogens is 207 g/mol. The van der Waals surface area contributed by atoms with Crippen LogP contribution in [0.3, 0.4) is 0 Å². The van der Waals surface area contributed by atoms with Gasteiger partial charge in [0.15, 0.2) is 0 Å². The van der Waals surface area contributed by atoms with E-state index in [0.29, 0.717) is 17.8 Å². The summed E-state index contributed by atoms with van der Waals surface area (Å²) in [6.07, 6.45) is 2.27. The van der Waals surface area contributed by atoms with Crippen molar-refractivity contribution in [2.45, 2.75) is 18.9 Å². The molecule has 1 atom stereocenters. The van der Waals surface area contributed by atoms with E-state index in [4.69, 9.17) is 10.00 Å². The van der Waals surface area contributed by atoms with Gasteiger partial charge in [-0.1, -0.05) is 0 Å². The normalized spacial score (nSPS) is 19.4. The number of hydrogen-bond donors (Lipinski definition) is 1. The summed E-state index contributed by atoms with van der Waals surface area (Å²) in [5.41, 5.74) is 0.759. The smallest absolute Gasteiger partial charge is 0.147 e. The monoisotopic (exact) mass is 220 g/mol. The van der Waals surface area contributed by atoms with Gasteiger partial charge in [0.2, 0.25) is 0 Å². The molecular formula is C12H13FN2O. The molecule has 4 heteroatoms. The van der Waals surface area contributed by atoms with Crippen molar-refractivity contribution in [1.29, 1.82) is 5.26 Å². The molecule has 1 aliphatic heterocycles. The third-order valence-electron chi connectivity index (χ3n) is 2.64. The van der Waals surface area contributed by atoms with Crippen molar-refractivity contribution in [3.63, 3.8) is 0 Å². The molecule has 16 heavy (non-hydrogen) atoms. The molecule has 1 saturated heterocycles. The summed E-state index contributed by atoms with van der Waals surface area (Å²) in [5.74, 6) is -0.392. The molecule has 0 aliphatic carbocycles. The predicted molar refractivity (Wildman–Crippen MR) is 58.6 cm³/mol. The van der Waals surface area contributed by atoms with Crippen LogP contribution in [0.15, 0.2) is 18.2 Å². The van der Waals surface area contributed by atoms with Gasteiger partial charge in [-0.05, 0) is 31.0 Å². The number of ether oxygens (including phenoxy) is 1. The second-order valence-electron chi connectivity index (χ2n) is 3.82. The maximum atomic E-state index is 13.5. The first kappa shape index (κ1) is 10.9. The molecule has 1 unspecified atom stereocenters. The zero-order valence-corrected chi connectivity index (χ0v) is 8.87. The molecule has 1 N–H and O–H groups in total. The molecule has 2 rings (SSSR count). The maximum absolute atomic E-state index is 13.5. The first-order valence-electron chi connectivity index (χ1n) is 5.35. The number of benzene rings is 1. The molecule has 1 fully saturated rings. The number of nitriles is 1. The van der Waals surface area contributed by atoms with Crippen LogP contribution in [0.5, 0.6) is 0 Å². The Bertz CT molecular complexity index is 408. The number of nitrogens with zero attached hydrogens (tertiary/aromatic N) is 1. The first-order valence-corrected chi connectivity index (χ1v) is 5.35. The minimum absolute atomic E-state index is 0.176. The molecule has 0 bridgehead atoms. The SMILES string of the molecule is N#Cc1ccc(NCC2CCCO2)c(F)c1. The van der Waals surface area contributed by atoms with Crippen LogP contribution in [-0.4, -0.2) is 19.3 Å². The Kier molecular flexibility index (Phi) is 3.37. The number of nitrogens with one attached hydrogen (secondary N) is 1. The summed E-state index contributed by atoms with van der Waals surface area (Å²) >= 11 is 0. The lowest BCUT2D eigenvalue weighted by molar-refractivity contribution is 0.120. The molecule has 0 amide bonds. The van der Waals surface area contributed by atoms with Gasteiger partial charge in [0, 0.05) is 13.2 Å². The highest BCUT2D eigenvalue weighted by Gasteiger charge is 2.15. The van der Waals surface area contributed by atoms with Crippen molar-refractivity contribution >= 4 is 5.69 Å². The van der Waals surface area contributed by atoms with Crippen LogP contribution >= 0.6 is 0 Å². The third-order valence-corrected chi connectivity index (χ3v) is 2.64. The van der Waals surface area contributed by atoms with Crippen molar-refractivity contribution < 1.29 is 9.13 Å². The Morgan fingerprint density at radius 3 is 3.06 bits per heavy atom. The fourth-order valence-corrected chi connectivity index (χ4v) is 1.76. The molecule has 0 saturated carbocycles. The van der Waals surface area contributed by atoms with Gasteiger partial charge in [0.25, 0.3) is 0 Å². The fourth-order valence-electron chi connectivity index (χ4n) is 1.76. The van der Waals surface area contributed by atoms with E-state index in [0.717, 1.165) is 19.4 Å². The summed E-state index contributed by atoms with van der Waals surface area (Å²) in [6, 6.07) is 6.32. The largest absolute Gasteiger partial charge is 0.380 e. The first-order chi connectivity index (χ1) is 7.79. The zero-order valence-electron chi connectivity index (χ0n) is 8.87. The molecule has 3 nitrogen and oxygen atoms in total. The maximum Gasteiger partial charge on any atom is 0.147 e. The van der Waals surface area contributed by atoms with Gasteiger partial charge in [-0.15, -0.1) is 0 Å². The van der Waals surface area contributed by atoms with E-state index in [1.54, 1.807) is 12.1 Å². The average Bonchev–Trinajstić information content (AvgIpc) is 2.80. The highest BCUT2D eigenvalue weighted by Crippen LogP contribution is 2.17. The molecule has 84 valence electrons. The summed E-state index contributed by atoms with van der Waals surface area (Å²) in [4.78, 5) is 0. The van der Waals surface area contributed by atoms with Crippen LogP contribution in [0, 0.1) is 17.1 Å². The van der Waals surface area contributed by atoms with Gasteiger partial charge in [-0.3, -0.25) is 0 Å². The Morgan fingerprint density at radius 1 is 1.56 bits per heavy atom. The third kappa shape index (κ3) is 2.50. The van der Waals surface area contributed by atoms with Gasteiger partial charge in [0.05, 0.1) is 23.4 Å². The quantitative estimate of drug-likeness (QED) is 0.850.